The van der Waals surface area contributed by atoms with E-state index in [0.717, 1.165) is 5.56 Å². The zero-order valence-electron chi connectivity index (χ0n) is 9.50. The molecule has 0 radical (unpaired) electrons. The van der Waals surface area contributed by atoms with E-state index in [9.17, 15) is 4.79 Å². The molecule has 0 N–H and O–H groups in total. The topological polar surface area (TPSA) is 26.3 Å². The number of carbonyl (C=O) groups is 1. The average Bonchev–Trinajstić information content (AvgIpc) is 2.38. The molecule has 0 bridgehead atoms. The Balaban J connectivity index is 0.00000144. The first-order chi connectivity index (χ1) is 7.86. The van der Waals surface area contributed by atoms with Crippen LogP contribution in [0.1, 0.15) is 15.9 Å². The summed E-state index contributed by atoms with van der Waals surface area (Å²) in [5, 5.41) is 0. The van der Waals surface area contributed by atoms with E-state index in [1.807, 2.05) is 48.5 Å². The van der Waals surface area contributed by atoms with Crippen molar-refractivity contribution in [3.63, 3.8) is 0 Å². The molecule has 2 nitrogen and oxygen atoms in total. The van der Waals surface area contributed by atoms with Gasteiger partial charge in [0.1, 0.15) is 6.61 Å². The third-order valence-corrected chi connectivity index (χ3v) is 2.22. The van der Waals surface area contributed by atoms with Crippen LogP contribution in [-0.2, 0) is 30.8 Å². The van der Waals surface area contributed by atoms with Gasteiger partial charge in [-0.25, -0.2) is 4.79 Å². The molecule has 0 saturated carbocycles. The first-order valence-electron chi connectivity index (χ1n) is 5.12. The molecule has 2 aromatic carbocycles. The number of rotatable bonds is 3. The Kier molecular flexibility index (Phi) is 5.58. The van der Waals surface area contributed by atoms with E-state index in [1.54, 1.807) is 12.1 Å². The second kappa shape index (κ2) is 6.98. The van der Waals surface area contributed by atoms with Gasteiger partial charge in [-0.2, -0.15) is 0 Å². The zero-order chi connectivity index (χ0) is 11.2. The van der Waals surface area contributed by atoms with Gasteiger partial charge in [-0.3, -0.25) is 0 Å². The SMILES string of the molecule is O=C(OCc1ccccc1)c1ccccc1.[Zn]. The predicted molar refractivity (Wildman–Crippen MR) is 62.0 cm³/mol. The maximum absolute atomic E-state index is 11.6. The molecule has 0 aliphatic heterocycles. The quantitative estimate of drug-likeness (QED) is 0.637. The number of esters is 1. The third kappa shape index (κ3) is 4.12. The van der Waals surface area contributed by atoms with Crippen LogP contribution in [0.15, 0.2) is 60.7 Å². The molecular formula is C14H12O2Zn. The largest absolute Gasteiger partial charge is 0.457 e. The van der Waals surface area contributed by atoms with Crippen LogP contribution in [0.4, 0.5) is 0 Å². The molecular weight excluding hydrogens is 266 g/mol. The zero-order valence-corrected chi connectivity index (χ0v) is 12.5. The normalized spacial score (nSPS) is 9.18. The molecule has 3 heteroatoms. The van der Waals surface area contributed by atoms with E-state index >= 15 is 0 Å². The second-order valence-corrected chi connectivity index (χ2v) is 3.43. The number of ether oxygens (including phenoxy) is 1. The molecule has 0 unspecified atom stereocenters. The van der Waals surface area contributed by atoms with Crippen molar-refractivity contribution in [1.29, 1.82) is 0 Å². The van der Waals surface area contributed by atoms with Gasteiger partial charge in [-0.05, 0) is 17.7 Å². The van der Waals surface area contributed by atoms with E-state index < -0.39 is 0 Å². The molecule has 2 rings (SSSR count). The smallest absolute Gasteiger partial charge is 0.338 e. The molecule has 2 aromatic rings. The molecule has 17 heavy (non-hydrogen) atoms. The van der Waals surface area contributed by atoms with Crippen molar-refractivity contribution in [3.05, 3.63) is 71.8 Å². The Hall–Kier alpha value is -1.47. The molecule has 0 saturated heterocycles. The van der Waals surface area contributed by atoms with E-state index in [-0.39, 0.29) is 25.4 Å². The maximum Gasteiger partial charge on any atom is 0.338 e. The van der Waals surface area contributed by atoms with E-state index in [2.05, 4.69) is 0 Å². The van der Waals surface area contributed by atoms with Gasteiger partial charge >= 0.3 is 5.97 Å². The summed E-state index contributed by atoms with van der Waals surface area (Å²) in [5.41, 5.74) is 1.57. The minimum atomic E-state index is -0.288. The summed E-state index contributed by atoms with van der Waals surface area (Å²) in [6.07, 6.45) is 0. The fraction of sp³-hybridized carbons (Fsp3) is 0.0714. The first kappa shape index (κ1) is 13.6. The number of carbonyl (C=O) groups excluding carboxylic acids is 1. The summed E-state index contributed by atoms with van der Waals surface area (Å²) in [7, 11) is 0. The van der Waals surface area contributed by atoms with Gasteiger partial charge in [0.25, 0.3) is 0 Å². The van der Waals surface area contributed by atoms with Crippen LogP contribution in [0.25, 0.3) is 0 Å². The predicted octanol–water partition coefficient (Wildman–Crippen LogP) is 3.04. The van der Waals surface area contributed by atoms with Crippen LogP contribution in [-0.4, -0.2) is 5.97 Å². The van der Waals surface area contributed by atoms with Crippen LogP contribution in [0.2, 0.25) is 0 Å². The van der Waals surface area contributed by atoms with Gasteiger partial charge in [-0.15, -0.1) is 0 Å². The van der Waals surface area contributed by atoms with Crippen LogP contribution in [0, 0.1) is 0 Å². The summed E-state index contributed by atoms with van der Waals surface area (Å²) in [6, 6.07) is 18.6. The third-order valence-electron chi connectivity index (χ3n) is 2.22. The first-order valence-corrected chi connectivity index (χ1v) is 5.12. The maximum atomic E-state index is 11.6. The molecule has 0 fully saturated rings. The molecule has 0 aliphatic carbocycles. The van der Waals surface area contributed by atoms with Crippen LogP contribution >= 0.6 is 0 Å². The van der Waals surface area contributed by atoms with Crippen LogP contribution in [0.5, 0.6) is 0 Å². The van der Waals surface area contributed by atoms with Crippen molar-refractivity contribution >= 4 is 5.97 Å². The van der Waals surface area contributed by atoms with Gasteiger partial charge in [0.05, 0.1) is 5.56 Å². The van der Waals surface area contributed by atoms with Crippen molar-refractivity contribution < 1.29 is 29.0 Å². The Morgan fingerprint density at radius 1 is 0.882 bits per heavy atom. The van der Waals surface area contributed by atoms with Crippen molar-refractivity contribution in [1.82, 2.24) is 0 Å². The Morgan fingerprint density at radius 3 is 2.00 bits per heavy atom. The number of hydrogen-bond donors (Lipinski definition) is 0. The Morgan fingerprint density at radius 2 is 1.41 bits per heavy atom. The number of hydrogen-bond acceptors (Lipinski definition) is 2. The summed E-state index contributed by atoms with van der Waals surface area (Å²) in [4.78, 5) is 11.6. The molecule has 82 valence electrons. The van der Waals surface area contributed by atoms with Gasteiger partial charge < -0.3 is 4.74 Å². The number of benzene rings is 2. The van der Waals surface area contributed by atoms with Gasteiger partial charge in [0.2, 0.25) is 0 Å². The summed E-state index contributed by atoms with van der Waals surface area (Å²) in [6.45, 7) is 0.314. The van der Waals surface area contributed by atoms with Gasteiger partial charge in [0, 0.05) is 19.5 Å². The van der Waals surface area contributed by atoms with Crippen molar-refractivity contribution in [3.8, 4) is 0 Å². The summed E-state index contributed by atoms with van der Waals surface area (Å²) < 4.78 is 5.18. The fourth-order valence-corrected chi connectivity index (χ4v) is 1.38. The second-order valence-electron chi connectivity index (χ2n) is 3.43. The van der Waals surface area contributed by atoms with E-state index in [0.29, 0.717) is 12.2 Å². The molecule has 0 spiro atoms. The molecule has 0 aliphatic rings. The average molecular weight is 278 g/mol. The molecule has 0 atom stereocenters. The van der Waals surface area contributed by atoms with Crippen molar-refractivity contribution in [2.45, 2.75) is 6.61 Å². The standard InChI is InChI=1S/C14H12O2.Zn/c15-14(13-9-5-2-6-10-13)16-11-12-7-3-1-4-8-12;/h1-10H,11H2;. The Bertz CT molecular complexity index is 454. The Labute approximate surface area is 113 Å². The van der Waals surface area contributed by atoms with Gasteiger partial charge in [-0.1, -0.05) is 48.5 Å². The molecule has 0 amide bonds. The summed E-state index contributed by atoms with van der Waals surface area (Å²) >= 11 is 0. The molecule has 0 aromatic heterocycles. The van der Waals surface area contributed by atoms with E-state index in [4.69, 9.17) is 4.74 Å². The van der Waals surface area contributed by atoms with Crippen molar-refractivity contribution in [2.24, 2.45) is 0 Å². The fourth-order valence-electron chi connectivity index (χ4n) is 1.38. The van der Waals surface area contributed by atoms with Crippen LogP contribution < -0.4 is 0 Å². The minimum absolute atomic E-state index is 0. The van der Waals surface area contributed by atoms with Crippen molar-refractivity contribution in [2.75, 3.05) is 0 Å². The minimum Gasteiger partial charge on any atom is -0.457 e. The van der Waals surface area contributed by atoms with E-state index in [1.165, 1.54) is 0 Å². The molecule has 0 heterocycles. The van der Waals surface area contributed by atoms with Crippen LogP contribution in [0.3, 0.4) is 0 Å². The monoisotopic (exact) mass is 276 g/mol. The van der Waals surface area contributed by atoms with Gasteiger partial charge in [0.15, 0.2) is 0 Å². The summed E-state index contributed by atoms with van der Waals surface area (Å²) in [5.74, 6) is -0.288.